The molecule has 178 valence electrons. The number of nitrogens with one attached hydrogen (secondary N) is 1. The van der Waals surface area contributed by atoms with Crippen molar-refractivity contribution in [2.75, 3.05) is 18.4 Å². The van der Waals surface area contributed by atoms with Crippen molar-refractivity contribution in [1.82, 2.24) is 14.9 Å². The van der Waals surface area contributed by atoms with Crippen LogP contribution in [0.5, 0.6) is 11.5 Å². The standard InChI is InChI=1S/C25H25F3N4O2/c1-16-13-18(9-11-29-16)22-15-32(12-10-25(22,27)28)17(2)24(33)31-23-8-7-21(14-30-23)34-20-5-3-19(26)4-6-20/h3-9,11,13-14,17,22H,10,12,15H2,1-2H3,(H,30,31,33)/t17-,22+/m0/s1. The van der Waals surface area contributed by atoms with Crippen LogP contribution in [0.4, 0.5) is 19.0 Å². The van der Waals surface area contributed by atoms with Gasteiger partial charge in [0.05, 0.1) is 18.2 Å². The first-order chi connectivity index (χ1) is 16.2. The molecule has 1 amide bonds. The van der Waals surface area contributed by atoms with Crippen molar-refractivity contribution < 1.29 is 22.7 Å². The first-order valence-electron chi connectivity index (χ1n) is 11.0. The highest BCUT2D eigenvalue weighted by molar-refractivity contribution is 5.93. The fourth-order valence-corrected chi connectivity index (χ4v) is 3.96. The van der Waals surface area contributed by atoms with Crippen LogP contribution in [-0.2, 0) is 4.79 Å². The molecule has 1 aliphatic rings. The molecule has 1 aromatic carbocycles. The number of carbonyl (C=O) groups is 1. The minimum absolute atomic E-state index is 0.0584. The normalized spacial score (nSPS) is 18.8. The molecule has 1 saturated heterocycles. The van der Waals surface area contributed by atoms with Crippen LogP contribution in [0, 0.1) is 12.7 Å². The van der Waals surface area contributed by atoms with Gasteiger partial charge in [-0.2, -0.15) is 0 Å². The van der Waals surface area contributed by atoms with Crippen LogP contribution in [0.2, 0.25) is 0 Å². The molecule has 0 saturated carbocycles. The predicted molar refractivity (Wildman–Crippen MR) is 122 cm³/mol. The zero-order chi connectivity index (χ0) is 24.3. The fourth-order valence-electron chi connectivity index (χ4n) is 3.96. The first-order valence-corrected chi connectivity index (χ1v) is 11.0. The van der Waals surface area contributed by atoms with E-state index in [0.29, 0.717) is 28.6 Å². The smallest absolute Gasteiger partial charge is 0.257 e. The van der Waals surface area contributed by atoms with E-state index < -0.39 is 17.9 Å². The molecule has 1 N–H and O–H groups in total. The highest BCUT2D eigenvalue weighted by atomic mass is 19.3. The first kappa shape index (κ1) is 23.7. The molecule has 3 aromatic rings. The number of benzene rings is 1. The lowest BCUT2D eigenvalue weighted by Crippen LogP contribution is -2.52. The summed E-state index contributed by atoms with van der Waals surface area (Å²) < 4.78 is 48.0. The molecule has 0 radical (unpaired) electrons. The van der Waals surface area contributed by atoms with E-state index in [2.05, 4.69) is 15.3 Å². The second-order valence-corrected chi connectivity index (χ2v) is 8.39. The number of hydrogen-bond donors (Lipinski definition) is 1. The number of aromatic nitrogens is 2. The third-order valence-electron chi connectivity index (χ3n) is 5.95. The van der Waals surface area contributed by atoms with Crippen LogP contribution in [0.1, 0.15) is 30.5 Å². The second kappa shape index (κ2) is 9.80. The third-order valence-corrected chi connectivity index (χ3v) is 5.95. The maximum atomic E-state index is 14.7. The van der Waals surface area contributed by atoms with Crippen LogP contribution in [0.3, 0.4) is 0 Å². The number of carbonyl (C=O) groups excluding carboxylic acids is 1. The van der Waals surface area contributed by atoms with Crippen molar-refractivity contribution in [1.29, 1.82) is 0 Å². The quantitative estimate of drug-likeness (QED) is 0.539. The molecule has 6 nitrogen and oxygen atoms in total. The highest BCUT2D eigenvalue weighted by Gasteiger charge is 2.46. The van der Waals surface area contributed by atoms with Gasteiger partial charge in [0.2, 0.25) is 5.91 Å². The van der Waals surface area contributed by atoms with E-state index in [1.165, 1.54) is 36.7 Å². The van der Waals surface area contributed by atoms with E-state index in [1.54, 1.807) is 43.0 Å². The van der Waals surface area contributed by atoms with Crippen LogP contribution >= 0.6 is 0 Å². The molecule has 2 atom stereocenters. The number of nitrogens with zero attached hydrogens (tertiary/aromatic N) is 3. The van der Waals surface area contributed by atoms with E-state index in [4.69, 9.17) is 4.74 Å². The number of piperidine rings is 1. The lowest BCUT2D eigenvalue weighted by Gasteiger charge is -2.40. The molecule has 0 spiro atoms. The Balaban J connectivity index is 1.38. The van der Waals surface area contributed by atoms with Gasteiger partial charge in [0, 0.05) is 31.4 Å². The van der Waals surface area contributed by atoms with Gasteiger partial charge in [0.25, 0.3) is 5.92 Å². The third kappa shape index (κ3) is 5.53. The van der Waals surface area contributed by atoms with Crippen molar-refractivity contribution in [2.24, 2.45) is 0 Å². The number of aryl methyl sites for hydroxylation is 1. The van der Waals surface area contributed by atoms with Gasteiger partial charge in [-0.15, -0.1) is 0 Å². The lowest BCUT2D eigenvalue weighted by molar-refractivity contribution is -0.125. The molecule has 9 heteroatoms. The number of ether oxygens (including phenoxy) is 1. The van der Waals surface area contributed by atoms with Gasteiger partial charge in [-0.05, 0) is 67.9 Å². The number of anilines is 1. The summed E-state index contributed by atoms with van der Waals surface area (Å²) in [7, 11) is 0. The average molecular weight is 470 g/mol. The number of hydrogen-bond acceptors (Lipinski definition) is 5. The summed E-state index contributed by atoms with van der Waals surface area (Å²) in [5.74, 6) is -3.39. The predicted octanol–water partition coefficient (Wildman–Crippen LogP) is 5.17. The molecule has 1 fully saturated rings. The number of rotatable bonds is 6. The Bertz CT molecular complexity index is 1140. The molecular weight excluding hydrogens is 445 g/mol. The van der Waals surface area contributed by atoms with Crippen LogP contribution in [0.15, 0.2) is 60.9 Å². The van der Waals surface area contributed by atoms with E-state index in [1.807, 2.05) is 0 Å². The highest BCUT2D eigenvalue weighted by Crippen LogP contribution is 2.41. The molecule has 0 unspecified atom stereocenters. The minimum atomic E-state index is -2.86. The number of amides is 1. The van der Waals surface area contributed by atoms with Gasteiger partial charge in [-0.3, -0.25) is 14.7 Å². The number of pyridine rings is 2. The van der Waals surface area contributed by atoms with E-state index in [9.17, 15) is 18.0 Å². The number of alkyl halides is 2. The van der Waals surface area contributed by atoms with Gasteiger partial charge in [0.1, 0.15) is 23.1 Å². The second-order valence-electron chi connectivity index (χ2n) is 8.39. The maximum Gasteiger partial charge on any atom is 0.257 e. The van der Waals surface area contributed by atoms with Crippen molar-refractivity contribution in [3.05, 3.63) is 78.0 Å². The van der Waals surface area contributed by atoms with Crippen LogP contribution in [-0.4, -0.2) is 45.8 Å². The Kier molecular flexibility index (Phi) is 6.83. The lowest BCUT2D eigenvalue weighted by atomic mass is 9.86. The maximum absolute atomic E-state index is 14.7. The molecule has 1 aliphatic heterocycles. The van der Waals surface area contributed by atoms with Gasteiger partial charge in [-0.25, -0.2) is 18.2 Å². The monoisotopic (exact) mass is 470 g/mol. The Morgan fingerprint density at radius 1 is 1.15 bits per heavy atom. The van der Waals surface area contributed by atoms with Crippen molar-refractivity contribution >= 4 is 11.7 Å². The number of likely N-dealkylation sites (tertiary alicyclic amines) is 1. The molecule has 0 bridgehead atoms. The van der Waals surface area contributed by atoms with Crippen molar-refractivity contribution in [2.45, 2.75) is 38.2 Å². The van der Waals surface area contributed by atoms with Crippen LogP contribution < -0.4 is 10.1 Å². The molecule has 0 aliphatic carbocycles. The summed E-state index contributed by atoms with van der Waals surface area (Å²) in [5.41, 5.74) is 1.20. The summed E-state index contributed by atoms with van der Waals surface area (Å²) >= 11 is 0. The zero-order valence-electron chi connectivity index (χ0n) is 18.8. The Morgan fingerprint density at radius 2 is 1.88 bits per heavy atom. The van der Waals surface area contributed by atoms with Gasteiger partial charge < -0.3 is 10.1 Å². The summed E-state index contributed by atoms with van der Waals surface area (Å²) in [4.78, 5) is 22.9. The summed E-state index contributed by atoms with van der Waals surface area (Å²) in [6, 6.07) is 11.4. The van der Waals surface area contributed by atoms with E-state index in [-0.39, 0.29) is 31.2 Å². The van der Waals surface area contributed by atoms with Gasteiger partial charge in [-0.1, -0.05) is 0 Å². The summed E-state index contributed by atoms with van der Waals surface area (Å²) in [5, 5.41) is 2.73. The molecule has 34 heavy (non-hydrogen) atoms. The molecule has 2 aromatic heterocycles. The van der Waals surface area contributed by atoms with Crippen molar-refractivity contribution in [3.63, 3.8) is 0 Å². The Labute approximate surface area is 195 Å². The topological polar surface area (TPSA) is 67.4 Å². The van der Waals surface area contributed by atoms with E-state index in [0.717, 1.165) is 0 Å². The van der Waals surface area contributed by atoms with E-state index >= 15 is 0 Å². The molecule has 4 rings (SSSR count). The van der Waals surface area contributed by atoms with Gasteiger partial charge in [0.15, 0.2) is 0 Å². The Hall–Kier alpha value is -3.46. The SMILES string of the molecule is Cc1cc([C@H]2CN([C@@H](C)C(=O)Nc3ccc(Oc4ccc(F)cc4)cn3)CCC2(F)F)ccn1. The summed E-state index contributed by atoms with van der Waals surface area (Å²) in [6.45, 7) is 3.63. The molecule has 3 heterocycles. The fraction of sp³-hybridized carbons (Fsp3) is 0.320. The largest absolute Gasteiger partial charge is 0.456 e. The average Bonchev–Trinajstić information content (AvgIpc) is 2.81. The Morgan fingerprint density at radius 3 is 2.56 bits per heavy atom. The van der Waals surface area contributed by atoms with Crippen LogP contribution in [0.25, 0.3) is 0 Å². The molecular formula is C25H25F3N4O2. The van der Waals surface area contributed by atoms with Gasteiger partial charge >= 0.3 is 0 Å². The summed E-state index contributed by atoms with van der Waals surface area (Å²) in [6.07, 6.45) is 2.64. The van der Waals surface area contributed by atoms with Crippen molar-refractivity contribution in [3.8, 4) is 11.5 Å². The zero-order valence-corrected chi connectivity index (χ0v) is 18.8. The minimum Gasteiger partial charge on any atom is -0.456 e. The number of halogens is 3.